The Balaban J connectivity index is 3.52. The third-order valence-electron chi connectivity index (χ3n) is 15.0. The van der Waals surface area contributed by atoms with Gasteiger partial charge in [0.25, 0.3) is 0 Å². The number of nitrogens with two attached hydrogens (primary N) is 6. The molecule has 0 unspecified atom stereocenters. The molecule has 0 fully saturated rings. The molecule has 39 heteroatoms. The molecule has 0 heterocycles. The van der Waals surface area contributed by atoms with Gasteiger partial charge in [-0.05, 0) is 76.3 Å². The molecule has 0 aliphatic carbocycles. The summed E-state index contributed by atoms with van der Waals surface area (Å²) in [7, 11) is 0. The molecule has 0 aliphatic heterocycles. The van der Waals surface area contributed by atoms with Crippen molar-refractivity contribution < 1.29 is 102 Å². The van der Waals surface area contributed by atoms with Crippen molar-refractivity contribution in [1.29, 1.82) is 0 Å². The van der Waals surface area contributed by atoms with Gasteiger partial charge < -0.3 is 119 Å². The highest BCUT2D eigenvalue weighted by atomic mass is 16.4. The molecule has 1 rings (SSSR count). The molecule has 14 atom stereocenters. The van der Waals surface area contributed by atoms with Crippen molar-refractivity contribution in [3.63, 3.8) is 0 Å². The number of amides is 16. The number of unbranched alkanes of at least 4 members (excludes halogenated alkanes) is 1. The Morgan fingerprint density at radius 3 is 1.24 bits per heavy atom. The predicted octanol–water partition coefficient (Wildman–Crippen LogP) is -10.0. The lowest BCUT2D eigenvalue weighted by Gasteiger charge is -2.29. The van der Waals surface area contributed by atoms with Crippen LogP contribution in [0.1, 0.15) is 118 Å². The average molecular weight is 1410 g/mol. The van der Waals surface area contributed by atoms with Gasteiger partial charge in [0.15, 0.2) is 0 Å². The molecule has 0 aromatic heterocycles. The number of hydrogen-bond acceptors (Lipinski definition) is 22. The second-order valence-electron chi connectivity index (χ2n) is 23.8. The largest absolute Gasteiger partial charge is 0.480 e. The SMILES string of the molecule is CC[C@H](C)[C@H](NC(=O)[C@H](CC(C)C)NC(=O)[C@H](CCCCN)NC(=O)[C@@H](N)CCC(N)=O)C(=O)N[C@@H](C)C(=O)N[C@@H](CC(N)=O)C(=O)N[C@@H](CCC(N)=O)C(=O)N[C@@H](Cc1ccccc1)C(=O)N[C@@H](CC(N)=O)C(=O)N[C@@H](CO)C(=O)N[C@@H](C)C(=O)N[C@@H](CO)C(=O)N[C@@H](CO)C(=O)O. The summed E-state index contributed by atoms with van der Waals surface area (Å²) in [5.74, 6) is -19.7. The Labute approximate surface area is 570 Å². The van der Waals surface area contributed by atoms with Crippen molar-refractivity contribution in [2.24, 2.45) is 46.2 Å². The maximum absolute atomic E-state index is 14.3. The van der Waals surface area contributed by atoms with E-state index in [1.807, 2.05) is 10.6 Å². The number of primary amides is 4. The van der Waals surface area contributed by atoms with E-state index in [9.17, 15) is 96.8 Å². The first-order valence-electron chi connectivity index (χ1n) is 31.8. The summed E-state index contributed by atoms with van der Waals surface area (Å²) in [5.41, 5.74) is 33.5. The second kappa shape index (κ2) is 44.8. The average Bonchev–Trinajstić information content (AvgIpc) is 0.858. The summed E-state index contributed by atoms with van der Waals surface area (Å²) in [6.45, 7) is 6.01. The van der Waals surface area contributed by atoms with Gasteiger partial charge >= 0.3 is 5.97 Å². The summed E-state index contributed by atoms with van der Waals surface area (Å²) in [6, 6.07) is -13.6. The number of carbonyl (C=O) groups excluding carboxylic acids is 16. The summed E-state index contributed by atoms with van der Waals surface area (Å²) in [5, 5.41) is 65.8. The monoisotopic (exact) mass is 1410 g/mol. The van der Waals surface area contributed by atoms with Gasteiger partial charge in [-0.25, -0.2) is 4.79 Å². The maximum atomic E-state index is 14.3. The van der Waals surface area contributed by atoms with E-state index < -0.39 is 237 Å². The van der Waals surface area contributed by atoms with E-state index in [4.69, 9.17) is 39.5 Å². The third kappa shape index (κ3) is 32.7. The molecule has 16 amide bonds. The number of carboxylic acids is 1. The molecular weight excluding hydrogens is 1310 g/mol. The standard InChI is InChI=1S/C60H98N18O21/c1-7-29(4)47(78-56(94)36(21-28(2)3)72-51(89)34(15-11-12-20-61)69-50(88)33(62)16-18-43(63)82)59(97)68-31(6)48(86)71-38(23-45(65)84)54(92)70-35(17-19-44(64)83)52(90)73-37(22-32-13-9-8-10-14-32)53(91)74-39(24-46(66)85)55(93)76-40(25-79)57(95)67-30(5)49(87)75-41(26-80)58(96)77-42(27-81)60(98)99/h8-10,13-14,28-31,33-42,47,79-81H,7,11-12,15-27,61-62H2,1-6H3,(H2,63,82)(H2,64,83)(H2,65,84)(H2,66,85)(H,67,95)(H,68,97)(H,69,88)(H,70,92)(H,71,86)(H,72,89)(H,73,90)(H,74,91)(H,75,87)(H,76,93)(H,77,96)(H,78,94)(H,98,99)/t29-,30-,31-,33-,34-,35-,36-,37-,38-,39-,40-,41-,42-,47-/m0/s1. The zero-order valence-electron chi connectivity index (χ0n) is 56.1. The molecule has 0 bridgehead atoms. The molecule has 0 saturated carbocycles. The minimum absolute atomic E-state index is 0.0365. The summed E-state index contributed by atoms with van der Waals surface area (Å²) in [4.78, 5) is 224. The van der Waals surface area contributed by atoms with Crippen LogP contribution in [0.25, 0.3) is 0 Å². The Kier molecular flexibility index (Phi) is 39.3. The van der Waals surface area contributed by atoms with Crippen molar-refractivity contribution in [2.75, 3.05) is 26.4 Å². The molecule has 554 valence electrons. The molecule has 0 radical (unpaired) electrons. The van der Waals surface area contributed by atoms with Crippen LogP contribution in [0.2, 0.25) is 0 Å². The van der Waals surface area contributed by atoms with Crippen LogP contribution in [0.15, 0.2) is 30.3 Å². The van der Waals surface area contributed by atoms with Crippen LogP contribution in [0.5, 0.6) is 0 Å². The van der Waals surface area contributed by atoms with Crippen LogP contribution in [0.4, 0.5) is 0 Å². The number of nitrogens with one attached hydrogen (secondary N) is 12. The zero-order chi connectivity index (χ0) is 75.4. The highest BCUT2D eigenvalue weighted by Crippen LogP contribution is 2.14. The van der Waals surface area contributed by atoms with Crippen LogP contribution in [0, 0.1) is 11.8 Å². The zero-order valence-corrected chi connectivity index (χ0v) is 56.1. The third-order valence-corrected chi connectivity index (χ3v) is 15.0. The van der Waals surface area contributed by atoms with Gasteiger partial charge in [0.05, 0.1) is 38.7 Å². The van der Waals surface area contributed by atoms with Crippen molar-refractivity contribution in [3.05, 3.63) is 35.9 Å². The van der Waals surface area contributed by atoms with E-state index >= 15 is 0 Å². The number of hydrogen-bond donors (Lipinski definition) is 22. The van der Waals surface area contributed by atoms with Gasteiger partial charge in [-0.2, -0.15) is 0 Å². The van der Waals surface area contributed by atoms with E-state index in [2.05, 4.69) is 53.2 Å². The van der Waals surface area contributed by atoms with Crippen LogP contribution in [-0.2, 0) is 87.9 Å². The fraction of sp³-hybridized carbons (Fsp3) is 0.617. The number of aliphatic carboxylic acids is 1. The van der Waals surface area contributed by atoms with Gasteiger partial charge in [-0.1, -0.05) is 64.4 Å². The van der Waals surface area contributed by atoms with Gasteiger partial charge in [0.1, 0.15) is 72.5 Å². The van der Waals surface area contributed by atoms with E-state index in [1.165, 1.54) is 19.1 Å². The quantitative estimate of drug-likeness (QED) is 0.0269. The highest BCUT2D eigenvalue weighted by Gasteiger charge is 2.38. The molecule has 1 aromatic carbocycles. The second-order valence-corrected chi connectivity index (χ2v) is 23.8. The lowest BCUT2D eigenvalue weighted by atomic mass is 9.96. The maximum Gasteiger partial charge on any atom is 0.328 e. The summed E-state index contributed by atoms with van der Waals surface area (Å²) in [6.07, 6.45) is -2.62. The highest BCUT2D eigenvalue weighted by molar-refractivity contribution is 6.01. The summed E-state index contributed by atoms with van der Waals surface area (Å²) < 4.78 is 0. The summed E-state index contributed by atoms with van der Waals surface area (Å²) >= 11 is 0. The first kappa shape index (κ1) is 87.0. The van der Waals surface area contributed by atoms with Crippen molar-refractivity contribution >= 4 is 100 Å². The number of rotatable bonds is 48. The van der Waals surface area contributed by atoms with Gasteiger partial charge in [-0.15, -0.1) is 0 Å². The molecule has 0 aliphatic rings. The van der Waals surface area contributed by atoms with Crippen LogP contribution < -0.4 is 98.2 Å². The minimum atomic E-state index is -1.99. The smallest absolute Gasteiger partial charge is 0.328 e. The van der Waals surface area contributed by atoms with E-state index in [-0.39, 0.29) is 44.6 Å². The molecular formula is C60H98N18O21. The Morgan fingerprint density at radius 2 is 0.778 bits per heavy atom. The Morgan fingerprint density at radius 1 is 0.404 bits per heavy atom. The number of carbonyl (C=O) groups is 17. The lowest BCUT2D eigenvalue weighted by molar-refractivity contribution is -0.143. The first-order chi connectivity index (χ1) is 46.4. The van der Waals surface area contributed by atoms with Crippen molar-refractivity contribution in [2.45, 2.75) is 197 Å². The van der Waals surface area contributed by atoms with E-state index in [1.54, 1.807) is 45.9 Å². The molecule has 28 N–H and O–H groups in total. The lowest BCUT2D eigenvalue weighted by Crippen LogP contribution is -2.61. The topological polar surface area (TPSA) is 672 Å². The van der Waals surface area contributed by atoms with E-state index in [0.29, 0.717) is 18.4 Å². The van der Waals surface area contributed by atoms with Crippen LogP contribution in [0.3, 0.4) is 0 Å². The minimum Gasteiger partial charge on any atom is -0.480 e. The van der Waals surface area contributed by atoms with Gasteiger partial charge in [-0.3, -0.25) is 76.7 Å². The number of aliphatic hydroxyl groups is 3. The molecule has 99 heavy (non-hydrogen) atoms. The molecule has 0 saturated heterocycles. The molecule has 0 spiro atoms. The van der Waals surface area contributed by atoms with Gasteiger partial charge in [0.2, 0.25) is 94.5 Å². The fourth-order valence-corrected chi connectivity index (χ4v) is 9.11. The van der Waals surface area contributed by atoms with Crippen LogP contribution >= 0.6 is 0 Å². The van der Waals surface area contributed by atoms with Gasteiger partial charge in [0, 0.05) is 19.3 Å². The number of carboxylic acid groups (broad SMARTS) is 1. The van der Waals surface area contributed by atoms with Crippen LogP contribution in [-0.4, -0.2) is 226 Å². The molecule has 1 aromatic rings. The Bertz CT molecular complexity index is 2980. The molecule has 39 nitrogen and oxygen atoms in total. The predicted molar refractivity (Wildman–Crippen MR) is 348 cm³/mol. The Hall–Kier alpha value is -9.99. The van der Waals surface area contributed by atoms with E-state index in [0.717, 1.165) is 6.92 Å². The number of aliphatic hydroxyl groups excluding tert-OH is 3. The van der Waals surface area contributed by atoms with Crippen molar-refractivity contribution in [3.8, 4) is 0 Å². The normalized spacial score (nSPS) is 15.3. The van der Waals surface area contributed by atoms with Crippen molar-refractivity contribution in [1.82, 2.24) is 63.8 Å². The fourth-order valence-electron chi connectivity index (χ4n) is 9.11. The number of benzene rings is 1. The first-order valence-corrected chi connectivity index (χ1v) is 31.8.